The molecule has 0 spiro atoms. The SMILES string of the molecule is NCC#Cc1csc(CNC(=O)c2ccn[nH]2)c1. The predicted octanol–water partition coefficient (Wildman–Crippen LogP) is 0.711. The first-order valence-corrected chi connectivity index (χ1v) is 6.21. The van der Waals surface area contributed by atoms with E-state index in [4.69, 9.17) is 5.73 Å². The maximum atomic E-state index is 11.6. The van der Waals surface area contributed by atoms with Gasteiger partial charge in [0.25, 0.3) is 5.91 Å². The minimum absolute atomic E-state index is 0.171. The first-order valence-electron chi connectivity index (χ1n) is 5.33. The van der Waals surface area contributed by atoms with E-state index in [1.807, 2.05) is 11.4 Å². The van der Waals surface area contributed by atoms with E-state index >= 15 is 0 Å². The van der Waals surface area contributed by atoms with E-state index in [1.165, 1.54) is 0 Å². The van der Waals surface area contributed by atoms with Gasteiger partial charge < -0.3 is 11.1 Å². The van der Waals surface area contributed by atoms with Crippen LogP contribution in [0.3, 0.4) is 0 Å². The van der Waals surface area contributed by atoms with Crippen LogP contribution in [0.25, 0.3) is 0 Å². The number of carbonyl (C=O) groups excluding carboxylic acids is 1. The van der Waals surface area contributed by atoms with Gasteiger partial charge in [-0.3, -0.25) is 9.89 Å². The van der Waals surface area contributed by atoms with Gasteiger partial charge in [0.2, 0.25) is 0 Å². The molecule has 0 aliphatic heterocycles. The smallest absolute Gasteiger partial charge is 0.269 e. The highest BCUT2D eigenvalue weighted by Gasteiger charge is 2.06. The van der Waals surface area contributed by atoms with E-state index in [9.17, 15) is 4.79 Å². The third kappa shape index (κ3) is 3.20. The van der Waals surface area contributed by atoms with Crippen molar-refractivity contribution < 1.29 is 4.79 Å². The topological polar surface area (TPSA) is 83.8 Å². The lowest BCUT2D eigenvalue weighted by Gasteiger charge is -2.00. The van der Waals surface area contributed by atoms with E-state index in [-0.39, 0.29) is 5.91 Å². The van der Waals surface area contributed by atoms with Gasteiger partial charge in [0.05, 0.1) is 13.1 Å². The maximum Gasteiger partial charge on any atom is 0.269 e. The molecule has 92 valence electrons. The van der Waals surface area contributed by atoms with Crippen molar-refractivity contribution >= 4 is 17.2 Å². The Balaban J connectivity index is 1.90. The Hall–Kier alpha value is -2.10. The quantitative estimate of drug-likeness (QED) is 0.711. The van der Waals surface area contributed by atoms with Crippen molar-refractivity contribution in [3.05, 3.63) is 39.8 Å². The zero-order chi connectivity index (χ0) is 12.8. The number of nitrogens with two attached hydrogens (primary N) is 1. The lowest BCUT2D eigenvalue weighted by molar-refractivity contribution is 0.0946. The average Bonchev–Trinajstić information content (AvgIpc) is 3.04. The molecule has 2 aromatic rings. The monoisotopic (exact) mass is 260 g/mol. The summed E-state index contributed by atoms with van der Waals surface area (Å²) in [6.45, 7) is 0.828. The molecular weight excluding hydrogens is 248 g/mol. The molecular formula is C12H12N4OS. The Labute approximate surface area is 108 Å². The number of aromatic amines is 1. The number of rotatable bonds is 3. The second-order valence-corrected chi connectivity index (χ2v) is 4.46. The van der Waals surface area contributed by atoms with Crippen LogP contribution in [0.1, 0.15) is 20.9 Å². The normalized spacial score (nSPS) is 9.61. The second kappa shape index (κ2) is 6.00. The Morgan fingerprint density at radius 1 is 1.61 bits per heavy atom. The summed E-state index contributed by atoms with van der Waals surface area (Å²) < 4.78 is 0. The molecule has 0 aliphatic rings. The van der Waals surface area contributed by atoms with Crippen molar-refractivity contribution in [3.63, 3.8) is 0 Å². The van der Waals surface area contributed by atoms with Crippen LogP contribution in [0.15, 0.2) is 23.7 Å². The number of carbonyl (C=O) groups is 1. The summed E-state index contributed by atoms with van der Waals surface area (Å²) in [5.41, 5.74) is 6.68. The fourth-order valence-electron chi connectivity index (χ4n) is 1.34. The van der Waals surface area contributed by atoms with Crippen molar-refractivity contribution in [1.82, 2.24) is 15.5 Å². The molecule has 0 saturated carbocycles. The molecule has 4 N–H and O–H groups in total. The van der Waals surface area contributed by atoms with Crippen LogP contribution in [0.2, 0.25) is 0 Å². The fraction of sp³-hybridized carbons (Fsp3) is 0.167. The molecule has 0 saturated heterocycles. The van der Waals surface area contributed by atoms with Crippen LogP contribution in [0.4, 0.5) is 0 Å². The summed E-state index contributed by atoms with van der Waals surface area (Å²) in [5, 5.41) is 11.1. The van der Waals surface area contributed by atoms with Crippen LogP contribution < -0.4 is 11.1 Å². The molecule has 2 rings (SSSR count). The highest BCUT2D eigenvalue weighted by molar-refractivity contribution is 7.10. The number of thiophene rings is 1. The maximum absolute atomic E-state index is 11.6. The number of H-pyrrole nitrogens is 1. The summed E-state index contributed by atoms with van der Waals surface area (Å²) in [7, 11) is 0. The van der Waals surface area contributed by atoms with Gasteiger partial charge in [-0.2, -0.15) is 5.10 Å². The third-order valence-corrected chi connectivity index (χ3v) is 3.09. The summed E-state index contributed by atoms with van der Waals surface area (Å²) in [6, 6.07) is 3.57. The van der Waals surface area contributed by atoms with Crippen molar-refractivity contribution in [1.29, 1.82) is 0 Å². The molecule has 5 nitrogen and oxygen atoms in total. The average molecular weight is 260 g/mol. The summed E-state index contributed by atoms with van der Waals surface area (Å²) in [6.07, 6.45) is 1.54. The highest BCUT2D eigenvalue weighted by atomic mass is 32.1. The lowest BCUT2D eigenvalue weighted by Crippen LogP contribution is -2.22. The van der Waals surface area contributed by atoms with Crippen LogP contribution in [-0.4, -0.2) is 22.6 Å². The molecule has 0 aliphatic carbocycles. The van der Waals surface area contributed by atoms with Crippen LogP contribution in [0.5, 0.6) is 0 Å². The van der Waals surface area contributed by atoms with Gasteiger partial charge in [0.15, 0.2) is 0 Å². The molecule has 0 unspecified atom stereocenters. The van der Waals surface area contributed by atoms with Gasteiger partial charge in [-0.25, -0.2) is 0 Å². The number of amides is 1. The summed E-state index contributed by atoms with van der Waals surface area (Å²) in [4.78, 5) is 12.7. The largest absolute Gasteiger partial charge is 0.346 e. The van der Waals surface area contributed by atoms with Crippen molar-refractivity contribution in [2.24, 2.45) is 5.73 Å². The minimum Gasteiger partial charge on any atom is -0.346 e. The summed E-state index contributed by atoms with van der Waals surface area (Å²) in [5.74, 6) is 5.56. The minimum atomic E-state index is -0.171. The number of hydrogen-bond donors (Lipinski definition) is 3. The van der Waals surface area contributed by atoms with Gasteiger partial charge in [-0.15, -0.1) is 11.3 Å². The van der Waals surface area contributed by atoms with Crippen molar-refractivity contribution in [2.75, 3.05) is 6.54 Å². The molecule has 18 heavy (non-hydrogen) atoms. The second-order valence-electron chi connectivity index (χ2n) is 3.46. The van der Waals surface area contributed by atoms with Crippen LogP contribution in [0, 0.1) is 11.8 Å². The van der Waals surface area contributed by atoms with Gasteiger partial charge in [-0.1, -0.05) is 11.8 Å². The zero-order valence-electron chi connectivity index (χ0n) is 9.56. The van der Waals surface area contributed by atoms with Gasteiger partial charge >= 0.3 is 0 Å². The Morgan fingerprint density at radius 3 is 3.22 bits per heavy atom. The van der Waals surface area contributed by atoms with E-state index in [2.05, 4.69) is 27.4 Å². The van der Waals surface area contributed by atoms with E-state index in [1.54, 1.807) is 23.6 Å². The van der Waals surface area contributed by atoms with E-state index in [0.29, 0.717) is 18.8 Å². The molecule has 0 bridgehead atoms. The Kier molecular flexibility index (Phi) is 4.12. The molecule has 0 aromatic carbocycles. The summed E-state index contributed by atoms with van der Waals surface area (Å²) >= 11 is 1.56. The number of aromatic nitrogens is 2. The first-order chi connectivity index (χ1) is 8.79. The molecule has 1 amide bonds. The standard InChI is InChI=1S/C12H12N4OS/c13-4-1-2-9-6-10(18-8-9)7-14-12(17)11-3-5-15-16-11/h3,5-6,8H,4,7,13H2,(H,14,17)(H,15,16). The predicted molar refractivity (Wildman–Crippen MR) is 70.0 cm³/mol. The molecule has 0 atom stereocenters. The number of nitrogens with zero attached hydrogens (tertiary/aromatic N) is 1. The molecule has 6 heteroatoms. The van der Waals surface area contributed by atoms with Crippen molar-refractivity contribution in [3.8, 4) is 11.8 Å². The van der Waals surface area contributed by atoms with Gasteiger partial charge in [-0.05, 0) is 12.1 Å². The first kappa shape index (κ1) is 12.4. The van der Waals surface area contributed by atoms with Gasteiger partial charge in [0, 0.05) is 22.0 Å². The Morgan fingerprint density at radius 2 is 2.50 bits per heavy atom. The Bertz CT molecular complexity index is 577. The van der Waals surface area contributed by atoms with Gasteiger partial charge in [0.1, 0.15) is 5.69 Å². The van der Waals surface area contributed by atoms with E-state index in [0.717, 1.165) is 10.4 Å². The third-order valence-electron chi connectivity index (χ3n) is 2.16. The molecule has 2 heterocycles. The molecule has 0 radical (unpaired) electrons. The number of hydrogen-bond acceptors (Lipinski definition) is 4. The zero-order valence-corrected chi connectivity index (χ0v) is 10.4. The van der Waals surface area contributed by atoms with Crippen LogP contribution >= 0.6 is 11.3 Å². The lowest BCUT2D eigenvalue weighted by atomic mass is 10.3. The van der Waals surface area contributed by atoms with E-state index < -0.39 is 0 Å². The van der Waals surface area contributed by atoms with Crippen molar-refractivity contribution in [2.45, 2.75) is 6.54 Å². The fourth-order valence-corrected chi connectivity index (χ4v) is 2.09. The van der Waals surface area contributed by atoms with Crippen LogP contribution in [-0.2, 0) is 6.54 Å². The highest BCUT2D eigenvalue weighted by Crippen LogP contribution is 2.13. The molecule has 2 aromatic heterocycles. The number of nitrogens with one attached hydrogen (secondary N) is 2. The molecule has 0 fully saturated rings.